The molecule has 0 unspecified atom stereocenters. The van der Waals surface area contributed by atoms with Crippen LogP contribution in [-0.2, 0) is 16.5 Å². The summed E-state index contributed by atoms with van der Waals surface area (Å²) in [7, 11) is 0. The fraction of sp³-hybridized carbons (Fsp3) is 0.600. The average Bonchev–Trinajstić information content (AvgIpc) is 1.76. The Labute approximate surface area is 65.1 Å². The number of hydrogen-bond donors (Lipinski definition) is 0. The molecule has 0 aromatic heterocycles. The van der Waals surface area contributed by atoms with Gasteiger partial charge in [-0.2, -0.15) is 6.42 Å². The molecule has 0 bridgehead atoms. The summed E-state index contributed by atoms with van der Waals surface area (Å²) >= 11 is 0. The summed E-state index contributed by atoms with van der Waals surface area (Å²) in [4.78, 5) is 0. The van der Waals surface area contributed by atoms with Crippen LogP contribution in [0.4, 0.5) is 0 Å². The largest absolute Gasteiger partial charge is 0.501 e. The zero-order valence-corrected chi connectivity index (χ0v) is 6.62. The van der Waals surface area contributed by atoms with Crippen LogP contribution >= 0.6 is 17.0 Å². The minimum absolute atomic E-state index is 0. The maximum absolute atomic E-state index is 3.10. The van der Waals surface area contributed by atoms with Crippen molar-refractivity contribution < 1.29 is 16.5 Å². The van der Waals surface area contributed by atoms with Crippen LogP contribution in [0.2, 0.25) is 0 Å². The van der Waals surface area contributed by atoms with E-state index in [-0.39, 0.29) is 33.5 Å². The quantitative estimate of drug-likeness (QED) is 0.421. The van der Waals surface area contributed by atoms with Gasteiger partial charge in [0.2, 0.25) is 0 Å². The molecular formula is C5H8BrNi-. The second-order valence-corrected chi connectivity index (χ2v) is 1.30. The van der Waals surface area contributed by atoms with Gasteiger partial charge in [-0.3, -0.25) is 6.08 Å². The number of halogens is 1. The summed E-state index contributed by atoms with van der Waals surface area (Å²) in [6.45, 7) is 0. The van der Waals surface area contributed by atoms with Gasteiger partial charge in [0.1, 0.15) is 0 Å². The molecule has 0 atom stereocenters. The Hall–Kier alpha value is 0.714. The molecule has 0 saturated carbocycles. The predicted octanol–water partition coefficient (Wildman–Crippen LogP) is 2.11. The zero-order valence-electron chi connectivity index (χ0n) is 3.92. The van der Waals surface area contributed by atoms with Crippen LogP contribution in [0.1, 0.15) is 19.3 Å². The molecule has 7 heavy (non-hydrogen) atoms. The minimum atomic E-state index is 0. The van der Waals surface area contributed by atoms with Crippen LogP contribution in [0.25, 0.3) is 0 Å². The van der Waals surface area contributed by atoms with Gasteiger partial charge in [0.15, 0.2) is 0 Å². The monoisotopic (exact) mass is 205 g/mol. The molecule has 1 aliphatic rings. The molecule has 0 aromatic carbocycles. The van der Waals surface area contributed by atoms with E-state index < -0.39 is 0 Å². The summed E-state index contributed by atoms with van der Waals surface area (Å²) in [6.07, 6.45) is 9.00. The Balaban J connectivity index is 0. The number of rotatable bonds is 0. The van der Waals surface area contributed by atoms with E-state index in [0.717, 1.165) is 0 Å². The molecule has 2 heteroatoms. The van der Waals surface area contributed by atoms with Gasteiger partial charge in [-0.15, -0.1) is 17.0 Å². The van der Waals surface area contributed by atoms with Crippen LogP contribution in [0.5, 0.6) is 0 Å². The van der Waals surface area contributed by atoms with E-state index >= 15 is 0 Å². The number of hydrogen-bond acceptors (Lipinski definition) is 0. The Morgan fingerprint density at radius 2 is 2.14 bits per heavy atom. The van der Waals surface area contributed by atoms with E-state index in [9.17, 15) is 0 Å². The first kappa shape index (κ1) is 10.6. The molecule has 0 saturated heterocycles. The third kappa shape index (κ3) is 4.57. The third-order valence-corrected chi connectivity index (χ3v) is 0.814. The van der Waals surface area contributed by atoms with E-state index in [1.165, 1.54) is 19.3 Å². The van der Waals surface area contributed by atoms with Crippen LogP contribution in [0, 0.1) is 6.08 Å². The molecule has 1 aliphatic carbocycles. The molecule has 0 aromatic rings. The van der Waals surface area contributed by atoms with E-state index in [1.807, 2.05) is 0 Å². The molecular weight excluding hydrogens is 199 g/mol. The zero-order chi connectivity index (χ0) is 3.54. The van der Waals surface area contributed by atoms with Gasteiger partial charge in [0.25, 0.3) is 0 Å². The van der Waals surface area contributed by atoms with Gasteiger partial charge in [0.05, 0.1) is 0 Å². The summed E-state index contributed by atoms with van der Waals surface area (Å²) in [6, 6.07) is 0. The van der Waals surface area contributed by atoms with Gasteiger partial charge in [-0.1, -0.05) is 12.8 Å². The van der Waals surface area contributed by atoms with Crippen LogP contribution < -0.4 is 0 Å². The first-order valence-corrected chi connectivity index (χ1v) is 2.05. The Kier molecular flexibility index (Phi) is 10.2. The fourth-order valence-electron chi connectivity index (χ4n) is 0.510. The van der Waals surface area contributed by atoms with Gasteiger partial charge < -0.3 is 6.08 Å². The normalized spacial score (nSPS) is 14.9. The van der Waals surface area contributed by atoms with Crippen LogP contribution in [0.3, 0.4) is 0 Å². The molecule has 0 nitrogen and oxygen atoms in total. The van der Waals surface area contributed by atoms with Gasteiger partial charge in [-0.05, 0) is 0 Å². The minimum Gasteiger partial charge on any atom is -0.501 e. The average molecular weight is 207 g/mol. The van der Waals surface area contributed by atoms with E-state index in [4.69, 9.17) is 0 Å². The molecule has 46 valence electrons. The van der Waals surface area contributed by atoms with E-state index in [1.54, 1.807) is 0 Å². The topological polar surface area (TPSA) is 0 Å². The first-order valence-electron chi connectivity index (χ1n) is 2.05. The summed E-state index contributed by atoms with van der Waals surface area (Å²) < 4.78 is 0. The van der Waals surface area contributed by atoms with Crippen molar-refractivity contribution in [3.8, 4) is 0 Å². The third-order valence-electron chi connectivity index (χ3n) is 0.814. The standard InChI is InChI=1S/C5H7.BrH.Ni/c1-2-4-5-3-1;;/h1H,2,4-5H2;1H;/q-1;;. The second kappa shape index (κ2) is 6.71. The SMILES string of the molecule is Br.[C-]1=CCCC1.[Ni]. The van der Waals surface area contributed by atoms with Crippen molar-refractivity contribution in [2.75, 3.05) is 0 Å². The van der Waals surface area contributed by atoms with Crippen LogP contribution in [0.15, 0.2) is 6.08 Å². The molecule has 0 N–H and O–H groups in total. The van der Waals surface area contributed by atoms with Crippen LogP contribution in [-0.4, -0.2) is 0 Å². The van der Waals surface area contributed by atoms with Crippen molar-refractivity contribution in [2.45, 2.75) is 19.3 Å². The Morgan fingerprint density at radius 3 is 2.29 bits per heavy atom. The molecule has 1 rings (SSSR count). The number of allylic oxidation sites excluding steroid dienone is 2. The molecule has 0 heterocycles. The molecule has 0 fully saturated rings. The van der Waals surface area contributed by atoms with Crippen molar-refractivity contribution >= 4 is 17.0 Å². The van der Waals surface area contributed by atoms with Crippen molar-refractivity contribution in [3.05, 3.63) is 12.2 Å². The fourth-order valence-corrected chi connectivity index (χ4v) is 0.510. The van der Waals surface area contributed by atoms with Crippen molar-refractivity contribution in [2.24, 2.45) is 0 Å². The molecule has 0 spiro atoms. The Bertz CT molecular complexity index is 46.0. The predicted molar refractivity (Wildman–Crippen MR) is 32.0 cm³/mol. The molecule has 0 aliphatic heterocycles. The van der Waals surface area contributed by atoms with E-state index in [0.29, 0.717) is 0 Å². The van der Waals surface area contributed by atoms with E-state index in [2.05, 4.69) is 12.2 Å². The second-order valence-electron chi connectivity index (χ2n) is 1.30. The smallest absolute Gasteiger partial charge is 0 e. The Morgan fingerprint density at radius 1 is 1.43 bits per heavy atom. The van der Waals surface area contributed by atoms with Gasteiger partial charge in [-0.25, -0.2) is 0 Å². The van der Waals surface area contributed by atoms with Gasteiger partial charge >= 0.3 is 0 Å². The summed E-state index contributed by atoms with van der Waals surface area (Å²) in [5.41, 5.74) is 0. The summed E-state index contributed by atoms with van der Waals surface area (Å²) in [5, 5.41) is 0. The van der Waals surface area contributed by atoms with Crippen molar-refractivity contribution in [1.82, 2.24) is 0 Å². The maximum Gasteiger partial charge on any atom is 0 e. The molecule has 0 amide bonds. The van der Waals surface area contributed by atoms with Crippen molar-refractivity contribution in [3.63, 3.8) is 0 Å². The molecule has 0 radical (unpaired) electrons. The van der Waals surface area contributed by atoms with Crippen molar-refractivity contribution in [1.29, 1.82) is 0 Å². The summed E-state index contributed by atoms with van der Waals surface area (Å²) in [5.74, 6) is 0. The first-order chi connectivity index (χ1) is 2.50. The maximum atomic E-state index is 3.10. The van der Waals surface area contributed by atoms with Gasteiger partial charge in [0, 0.05) is 16.5 Å².